The molecule has 2 N–H and O–H groups in total. The monoisotopic (exact) mass is 291 g/mol. The topological polar surface area (TPSA) is 88.8 Å². The molecule has 2 aromatic rings. The van der Waals surface area contributed by atoms with E-state index in [9.17, 15) is 14.7 Å². The van der Waals surface area contributed by atoms with Gasteiger partial charge in [-0.05, 0) is 19.1 Å². The third-order valence-electron chi connectivity index (χ3n) is 3.50. The molecule has 0 amide bonds. The number of ether oxygens (including phenoxy) is 1. The third kappa shape index (κ3) is 2.62. The second kappa shape index (κ2) is 5.97. The Bertz CT molecular complexity index is 748. The van der Waals surface area contributed by atoms with Gasteiger partial charge >= 0.3 is 5.97 Å². The Morgan fingerprint density at radius 3 is 2.67 bits per heavy atom. The van der Waals surface area contributed by atoms with Gasteiger partial charge in [0.2, 0.25) is 0 Å². The molecule has 6 heteroatoms. The first kappa shape index (κ1) is 15.1. The normalized spacial score (nSPS) is 10.8. The first-order valence-corrected chi connectivity index (χ1v) is 6.53. The number of aliphatic carboxylic acids is 1. The lowest BCUT2D eigenvalue weighted by molar-refractivity contribution is -0.136. The number of carboxylic acids is 1. The van der Waals surface area contributed by atoms with E-state index in [-0.39, 0.29) is 30.6 Å². The number of hydrogen-bond donors (Lipinski definition) is 2. The fraction of sp³-hybridized carbons (Fsp3) is 0.333. The minimum Gasteiger partial charge on any atom is -0.495 e. The van der Waals surface area contributed by atoms with Gasteiger partial charge in [0.05, 0.1) is 25.7 Å². The summed E-state index contributed by atoms with van der Waals surface area (Å²) in [6, 6.07) is 5.05. The zero-order chi connectivity index (χ0) is 15.6. The van der Waals surface area contributed by atoms with E-state index in [2.05, 4.69) is 0 Å². The highest BCUT2D eigenvalue weighted by Crippen LogP contribution is 2.26. The molecule has 0 spiro atoms. The Hall–Kier alpha value is -2.34. The summed E-state index contributed by atoms with van der Waals surface area (Å²) in [4.78, 5) is 23.5. The van der Waals surface area contributed by atoms with Crippen molar-refractivity contribution in [1.82, 2.24) is 4.57 Å². The molecule has 1 aromatic carbocycles. The van der Waals surface area contributed by atoms with Crippen LogP contribution in [0.4, 0.5) is 0 Å². The van der Waals surface area contributed by atoms with E-state index < -0.39 is 5.97 Å². The molecule has 2 rings (SSSR count). The number of carbonyl (C=O) groups is 1. The largest absolute Gasteiger partial charge is 0.495 e. The smallest absolute Gasteiger partial charge is 0.308 e. The summed E-state index contributed by atoms with van der Waals surface area (Å²) >= 11 is 0. The molecule has 0 aliphatic carbocycles. The van der Waals surface area contributed by atoms with Crippen molar-refractivity contribution in [1.29, 1.82) is 0 Å². The number of rotatable bonds is 5. The maximum absolute atomic E-state index is 12.5. The van der Waals surface area contributed by atoms with Crippen molar-refractivity contribution in [3.8, 4) is 5.75 Å². The van der Waals surface area contributed by atoms with Gasteiger partial charge in [-0.2, -0.15) is 0 Å². The number of hydrogen-bond acceptors (Lipinski definition) is 4. The van der Waals surface area contributed by atoms with Crippen molar-refractivity contribution in [2.24, 2.45) is 0 Å². The standard InChI is InChI=1S/C15H17NO5/c1-9-11(8-13(18)19)15(20)10-4-3-5-12(21-2)14(10)16(9)6-7-17/h3-5,17H,6-8H2,1-2H3,(H,18,19). The van der Waals surface area contributed by atoms with Crippen LogP contribution < -0.4 is 10.2 Å². The van der Waals surface area contributed by atoms with E-state index in [0.717, 1.165) is 0 Å². The quantitative estimate of drug-likeness (QED) is 0.855. The minimum absolute atomic E-state index is 0.122. The van der Waals surface area contributed by atoms with Crippen LogP contribution in [-0.4, -0.2) is 34.5 Å². The van der Waals surface area contributed by atoms with Gasteiger partial charge in [0.15, 0.2) is 5.43 Å². The van der Waals surface area contributed by atoms with Crippen molar-refractivity contribution in [3.05, 3.63) is 39.7 Å². The van der Waals surface area contributed by atoms with Gasteiger partial charge in [-0.25, -0.2) is 0 Å². The molecule has 0 atom stereocenters. The second-order valence-corrected chi connectivity index (χ2v) is 4.70. The molecule has 0 bridgehead atoms. The average Bonchev–Trinajstić information content (AvgIpc) is 2.47. The number of para-hydroxylation sites is 1. The molecule has 21 heavy (non-hydrogen) atoms. The van der Waals surface area contributed by atoms with Crippen molar-refractivity contribution >= 4 is 16.9 Å². The summed E-state index contributed by atoms with van der Waals surface area (Å²) in [6.07, 6.45) is -0.344. The van der Waals surface area contributed by atoms with Crippen molar-refractivity contribution in [2.45, 2.75) is 19.9 Å². The molecule has 0 unspecified atom stereocenters. The van der Waals surface area contributed by atoms with Gasteiger partial charge in [0.1, 0.15) is 5.75 Å². The number of aromatic nitrogens is 1. The average molecular weight is 291 g/mol. The number of aliphatic hydroxyl groups excluding tert-OH is 1. The van der Waals surface area contributed by atoms with Crippen LogP contribution in [0.15, 0.2) is 23.0 Å². The summed E-state index contributed by atoms with van der Waals surface area (Å²) in [5.74, 6) is -0.545. The van der Waals surface area contributed by atoms with Gasteiger partial charge in [-0.1, -0.05) is 6.07 Å². The molecular weight excluding hydrogens is 274 g/mol. The number of nitrogens with zero attached hydrogens (tertiary/aromatic N) is 1. The van der Waals surface area contributed by atoms with E-state index in [0.29, 0.717) is 22.3 Å². The van der Waals surface area contributed by atoms with E-state index in [4.69, 9.17) is 9.84 Å². The summed E-state index contributed by atoms with van der Waals surface area (Å²) in [6.45, 7) is 1.82. The second-order valence-electron chi connectivity index (χ2n) is 4.70. The Morgan fingerprint density at radius 1 is 1.38 bits per heavy atom. The number of fused-ring (bicyclic) bond motifs is 1. The summed E-state index contributed by atoms with van der Waals surface area (Å²) in [7, 11) is 1.50. The molecule has 0 aliphatic rings. The third-order valence-corrected chi connectivity index (χ3v) is 3.50. The van der Waals surface area contributed by atoms with Gasteiger partial charge in [0, 0.05) is 23.2 Å². The predicted octanol–water partition coefficient (Wildman–Crippen LogP) is 0.938. The molecule has 112 valence electrons. The van der Waals surface area contributed by atoms with Crippen molar-refractivity contribution in [3.63, 3.8) is 0 Å². The van der Waals surface area contributed by atoms with Crippen molar-refractivity contribution < 1.29 is 19.7 Å². The minimum atomic E-state index is -1.06. The first-order chi connectivity index (χ1) is 10.0. The summed E-state index contributed by atoms with van der Waals surface area (Å²) < 4.78 is 7.02. The van der Waals surface area contributed by atoms with Crippen LogP contribution in [-0.2, 0) is 17.8 Å². The lowest BCUT2D eigenvalue weighted by Gasteiger charge is -2.18. The zero-order valence-corrected chi connectivity index (χ0v) is 11.9. The van der Waals surface area contributed by atoms with Crippen LogP contribution in [0.2, 0.25) is 0 Å². The van der Waals surface area contributed by atoms with Gasteiger partial charge in [-0.15, -0.1) is 0 Å². The zero-order valence-electron chi connectivity index (χ0n) is 11.9. The molecule has 0 saturated carbocycles. The molecule has 6 nitrogen and oxygen atoms in total. The summed E-state index contributed by atoms with van der Waals surface area (Å²) in [5, 5.41) is 18.6. The van der Waals surface area contributed by atoms with Crippen LogP contribution in [0, 0.1) is 6.92 Å². The van der Waals surface area contributed by atoms with Gasteiger partial charge in [0.25, 0.3) is 0 Å². The predicted molar refractivity (Wildman–Crippen MR) is 77.9 cm³/mol. The Morgan fingerprint density at radius 2 is 2.10 bits per heavy atom. The van der Waals surface area contributed by atoms with Crippen molar-refractivity contribution in [2.75, 3.05) is 13.7 Å². The summed E-state index contributed by atoms with van der Waals surface area (Å²) in [5.41, 5.74) is 1.04. The van der Waals surface area contributed by atoms with Crippen LogP contribution >= 0.6 is 0 Å². The molecule has 0 saturated heterocycles. The number of aliphatic hydroxyl groups is 1. The maximum atomic E-state index is 12.5. The first-order valence-electron chi connectivity index (χ1n) is 6.53. The number of methoxy groups -OCH3 is 1. The molecule has 0 radical (unpaired) electrons. The van der Waals surface area contributed by atoms with E-state index in [1.54, 1.807) is 29.7 Å². The van der Waals surface area contributed by atoms with Crippen LogP contribution in [0.3, 0.4) is 0 Å². The Balaban J connectivity index is 2.91. The van der Waals surface area contributed by atoms with Crippen LogP contribution in [0.5, 0.6) is 5.75 Å². The lowest BCUT2D eigenvalue weighted by atomic mass is 10.0. The number of pyridine rings is 1. The van der Waals surface area contributed by atoms with E-state index in [1.165, 1.54) is 7.11 Å². The molecular formula is C15H17NO5. The molecule has 1 aromatic heterocycles. The molecule has 0 fully saturated rings. The Kier molecular flexibility index (Phi) is 4.28. The van der Waals surface area contributed by atoms with Gasteiger partial charge < -0.3 is 19.5 Å². The SMILES string of the molecule is COc1cccc2c(=O)c(CC(=O)O)c(C)n(CCO)c12. The van der Waals surface area contributed by atoms with Gasteiger partial charge in [-0.3, -0.25) is 9.59 Å². The highest BCUT2D eigenvalue weighted by Gasteiger charge is 2.18. The van der Waals surface area contributed by atoms with E-state index in [1.807, 2.05) is 0 Å². The number of carboxylic acid groups (broad SMARTS) is 1. The number of benzene rings is 1. The lowest BCUT2D eigenvalue weighted by Crippen LogP contribution is -2.22. The Labute approximate surface area is 121 Å². The van der Waals surface area contributed by atoms with E-state index >= 15 is 0 Å². The highest BCUT2D eigenvalue weighted by molar-refractivity contribution is 5.87. The molecule has 0 aliphatic heterocycles. The fourth-order valence-electron chi connectivity index (χ4n) is 2.55. The van der Waals surface area contributed by atoms with Crippen LogP contribution in [0.1, 0.15) is 11.3 Å². The fourth-order valence-corrected chi connectivity index (χ4v) is 2.55. The van der Waals surface area contributed by atoms with Crippen LogP contribution in [0.25, 0.3) is 10.9 Å². The highest BCUT2D eigenvalue weighted by atomic mass is 16.5. The molecule has 1 heterocycles. The maximum Gasteiger partial charge on any atom is 0.308 e.